The average Bonchev–Trinajstić information content (AvgIpc) is 3.74. The first kappa shape index (κ1) is 29.9. The second kappa shape index (κ2) is 13.6. The summed E-state index contributed by atoms with van der Waals surface area (Å²) < 4.78 is 29.4. The average molecular weight is 599 g/mol. The number of nitrogens with zero attached hydrogens (tertiary/aromatic N) is 2. The molecule has 0 aliphatic carbocycles. The van der Waals surface area contributed by atoms with Gasteiger partial charge in [-0.25, -0.2) is 17.0 Å². The van der Waals surface area contributed by atoms with E-state index in [9.17, 15) is 8.42 Å². The molecule has 8 heteroatoms. The molecule has 218 valence electrons. The second-order valence-electron chi connectivity index (χ2n) is 9.93. The molecule has 2 N–H and O–H groups in total. The molecule has 6 nitrogen and oxygen atoms in total. The maximum absolute atomic E-state index is 12.8. The van der Waals surface area contributed by atoms with Gasteiger partial charge in [-0.3, -0.25) is 0 Å². The Kier molecular flexibility index (Phi) is 9.69. The number of hydrogen-bond donors (Lipinski definition) is 2. The van der Waals surface area contributed by atoms with Gasteiger partial charge in [0, 0.05) is 49.0 Å². The summed E-state index contributed by atoms with van der Waals surface area (Å²) in [6, 6.07) is 32.7. The van der Waals surface area contributed by atoms with Crippen LogP contribution in [0.3, 0.4) is 0 Å². The molecule has 42 heavy (non-hydrogen) atoms. The lowest BCUT2D eigenvalue weighted by molar-refractivity contribution is 0.489. The van der Waals surface area contributed by atoms with Gasteiger partial charge >= 0.3 is 0 Å². The smallest absolute Gasteiger partial charge is 0.127 e. The fraction of sp³-hybridized carbons (Fsp3) is 0.235. The van der Waals surface area contributed by atoms with Crippen molar-refractivity contribution in [2.24, 2.45) is 0 Å². The van der Waals surface area contributed by atoms with Crippen molar-refractivity contribution in [3.05, 3.63) is 97.1 Å². The van der Waals surface area contributed by atoms with Crippen LogP contribution in [0.15, 0.2) is 107 Å². The minimum atomic E-state index is -1.14. The number of H-pyrrole nitrogens is 2. The summed E-state index contributed by atoms with van der Waals surface area (Å²) in [5.41, 5.74) is 8.40. The van der Waals surface area contributed by atoms with Crippen LogP contribution in [0.4, 0.5) is 0 Å². The van der Waals surface area contributed by atoms with Gasteiger partial charge in [0.15, 0.2) is 0 Å². The first-order valence-corrected chi connectivity index (χ1v) is 16.7. The molecule has 5 aromatic rings. The molecule has 2 atom stereocenters. The van der Waals surface area contributed by atoms with Crippen LogP contribution in [-0.4, -0.2) is 53.2 Å². The van der Waals surface area contributed by atoms with E-state index in [1.165, 1.54) is 0 Å². The molecule has 0 bridgehead atoms. The first-order chi connectivity index (χ1) is 20.4. The van der Waals surface area contributed by atoms with Gasteiger partial charge in [0.05, 0.1) is 9.79 Å². The molecule has 0 fully saturated rings. The highest BCUT2D eigenvalue weighted by Crippen LogP contribution is 2.30. The number of rotatable bonds is 12. The first-order valence-electron chi connectivity index (χ1n) is 14.5. The van der Waals surface area contributed by atoms with Crippen LogP contribution in [0.5, 0.6) is 0 Å². The fourth-order valence-electron chi connectivity index (χ4n) is 5.03. The third kappa shape index (κ3) is 6.42. The fourth-order valence-corrected chi connectivity index (χ4v) is 7.31. The number of benzene rings is 3. The second-order valence-corrected chi connectivity index (χ2v) is 12.9. The number of hydrogen-bond acceptors (Lipinski definition) is 2. The summed E-state index contributed by atoms with van der Waals surface area (Å²) in [7, 11) is -2.28. The Hall–Kier alpha value is -3.56. The van der Waals surface area contributed by atoms with Crippen molar-refractivity contribution >= 4 is 22.0 Å². The zero-order chi connectivity index (χ0) is 29.6. The molecule has 0 amide bonds. The Bertz CT molecular complexity index is 1540. The highest BCUT2D eigenvalue weighted by atomic mass is 32.2. The molecule has 0 spiro atoms. The van der Waals surface area contributed by atoms with E-state index in [1.807, 2.05) is 84.8 Å². The van der Waals surface area contributed by atoms with Crippen LogP contribution in [0.2, 0.25) is 0 Å². The predicted octanol–water partition coefficient (Wildman–Crippen LogP) is 7.74. The maximum atomic E-state index is 12.8. The molecule has 2 heterocycles. The molecule has 2 unspecified atom stereocenters. The number of aromatic nitrogens is 2. The van der Waals surface area contributed by atoms with Gasteiger partial charge < -0.3 is 9.97 Å². The lowest BCUT2D eigenvalue weighted by atomic mass is 10.1. The largest absolute Gasteiger partial charge is 0.355 e. The normalized spacial score (nSPS) is 13.1. The zero-order valence-corrected chi connectivity index (χ0v) is 26.2. The van der Waals surface area contributed by atoms with Crippen molar-refractivity contribution in [3.8, 4) is 45.0 Å². The van der Waals surface area contributed by atoms with Gasteiger partial charge in [0.2, 0.25) is 0 Å². The van der Waals surface area contributed by atoms with Crippen molar-refractivity contribution in [2.45, 2.75) is 37.5 Å². The quantitative estimate of drug-likeness (QED) is 0.154. The lowest BCUT2D eigenvalue weighted by Crippen LogP contribution is -2.25. The Morgan fingerprint density at radius 2 is 0.810 bits per heavy atom. The highest BCUT2D eigenvalue weighted by Gasteiger charge is 2.14. The van der Waals surface area contributed by atoms with E-state index in [1.54, 1.807) is 0 Å². The van der Waals surface area contributed by atoms with Crippen LogP contribution in [-0.2, 0) is 22.0 Å². The maximum Gasteiger partial charge on any atom is 0.127 e. The number of nitrogens with one attached hydrogen (secondary N) is 2. The third-order valence-electron chi connectivity index (χ3n) is 7.47. The summed E-state index contributed by atoms with van der Waals surface area (Å²) in [6.07, 6.45) is 0. The minimum absolute atomic E-state index is 0.751. The minimum Gasteiger partial charge on any atom is -0.355 e. The standard InChI is InChI=1S/C34H38N4O2S2/c1-5-37(6-2)41(39)29-16-12-25(13-17-29)31-20-22-33(35-31)27-10-9-11-28(24-27)34-23-21-32(36-34)26-14-18-30(19-15-26)42(40)38(7-3)8-4/h9-24,35-36H,5-8H2,1-4H3. The predicted molar refractivity (Wildman–Crippen MR) is 176 cm³/mol. The van der Waals surface area contributed by atoms with E-state index in [0.717, 1.165) is 81.0 Å². The molecule has 0 aliphatic heterocycles. The van der Waals surface area contributed by atoms with Gasteiger partial charge in [-0.2, -0.15) is 0 Å². The molecule has 0 radical (unpaired) electrons. The Balaban J connectivity index is 1.32. The highest BCUT2D eigenvalue weighted by molar-refractivity contribution is 7.83. The molecule has 0 aliphatic rings. The van der Waals surface area contributed by atoms with Crippen LogP contribution < -0.4 is 0 Å². The molecule has 0 saturated heterocycles. The van der Waals surface area contributed by atoms with Crippen LogP contribution in [0.25, 0.3) is 45.0 Å². The Morgan fingerprint density at radius 3 is 1.14 bits per heavy atom. The van der Waals surface area contributed by atoms with Crippen molar-refractivity contribution in [1.82, 2.24) is 18.6 Å². The summed E-state index contributed by atoms with van der Waals surface area (Å²) in [5.74, 6) is 0. The summed E-state index contributed by atoms with van der Waals surface area (Å²) in [4.78, 5) is 8.74. The lowest BCUT2D eigenvalue weighted by Gasteiger charge is -2.16. The third-order valence-corrected chi connectivity index (χ3v) is 10.8. The molecule has 5 rings (SSSR count). The SMILES string of the molecule is CCN(CC)S(=O)c1ccc(-c2ccc(-c3cccc(-c4ccc(-c5ccc(S(=O)N(CC)CC)cc5)[nH]4)c3)[nH]2)cc1. The summed E-state index contributed by atoms with van der Waals surface area (Å²) >= 11 is 0. The van der Waals surface area contributed by atoms with E-state index in [-0.39, 0.29) is 0 Å². The van der Waals surface area contributed by atoms with Gasteiger partial charge in [0.25, 0.3) is 0 Å². The molecule has 2 aromatic heterocycles. The van der Waals surface area contributed by atoms with Crippen LogP contribution in [0, 0.1) is 0 Å². The van der Waals surface area contributed by atoms with E-state index >= 15 is 0 Å². The summed E-state index contributed by atoms with van der Waals surface area (Å²) in [6.45, 7) is 11.1. The molecular weight excluding hydrogens is 561 g/mol. The van der Waals surface area contributed by atoms with E-state index in [4.69, 9.17) is 0 Å². The van der Waals surface area contributed by atoms with Crippen molar-refractivity contribution in [1.29, 1.82) is 0 Å². The van der Waals surface area contributed by atoms with Gasteiger partial charge in [-0.05, 0) is 76.9 Å². The van der Waals surface area contributed by atoms with Crippen LogP contribution >= 0.6 is 0 Å². The molecule has 0 saturated carbocycles. The number of aromatic amines is 2. The van der Waals surface area contributed by atoms with E-state index < -0.39 is 22.0 Å². The van der Waals surface area contributed by atoms with Gasteiger partial charge in [0.1, 0.15) is 22.0 Å². The monoisotopic (exact) mass is 598 g/mol. The topological polar surface area (TPSA) is 72.2 Å². The van der Waals surface area contributed by atoms with Crippen LogP contribution in [0.1, 0.15) is 27.7 Å². The van der Waals surface area contributed by atoms with Crippen molar-refractivity contribution < 1.29 is 8.42 Å². The zero-order valence-electron chi connectivity index (χ0n) is 24.6. The molecule has 3 aromatic carbocycles. The summed E-state index contributed by atoms with van der Waals surface area (Å²) in [5, 5.41) is 0. The van der Waals surface area contributed by atoms with E-state index in [0.29, 0.717) is 0 Å². The Labute approximate surface area is 254 Å². The van der Waals surface area contributed by atoms with Gasteiger partial charge in [-0.15, -0.1) is 0 Å². The van der Waals surface area contributed by atoms with E-state index in [2.05, 4.69) is 58.5 Å². The molecular formula is C34H38N4O2S2. The van der Waals surface area contributed by atoms with Gasteiger partial charge in [-0.1, -0.05) is 70.2 Å². The van der Waals surface area contributed by atoms with Crippen molar-refractivity contribution in [2.75, 3.05) is 26.2 Å². The van der Waals surface area contributed by atoms with Crippen molar-refractivity contribution in [3.63, 3.8) is 0 Å². The Morgan fingerprint density at radius 1 is 0.476 bits per heavy atom.